The zero-order chi connectivity index (χ0) is 15.5. The molecular formula is C16H23Cl2N5O. The summed E-state index contributed by atoms with van der Waals surface area (Å²) in [6, 6.07) is 3.82. The third-order valence-corrected chi connectivity index (χ3v) is 4.28. The molecule has 6 nitrogen and oxygen atoms in total. The zero-order valence-corrected chi connectivity index (χ0v) is 15.1. The van der Waals surface area contributed by atoms with Crippen LogP contribution < -0.4 is 11.1 Å². The van der Waals surface area contributed by atoms with Gasteiger partial charge in [-0.2, -0.15) is 0 Å². The summed E-state index contributed by atoms with van der Waals surface area (Å²) >= 11 is 0. The number of aryl methyl sites for hydroxylation is 1. The number of pyridine rings is 1. The molecule has 0 saturated heterocycles. The topological polar surface area (TPSA) is 85.8 Å². The number of hydrogen-bond donors (Lipinski definition) is 2. The van der Waals surface area contributed by atoms with Crippen molar-refractivity contribution in [2.24, 2.45) is 11.7 Å². The van der Waals surface area contributed by atoms with Crippen molar-refractivity contribution in [3.8, 4) is 5.82 Å². The van der Waals surface area contributed by atoms with Crippen LogP contribution in [-0.4, -0.2) is 26.5 Å². The van der Waals surface area contributed by atoms with Crippen molar-refractivity contribution in [3.63, 3.8) is 0 Å². The predicted octanol–water partition coefficient (Wildman–Crippen LogP) is 2.88. The van der Waals surface area contributed by atoms with Crippen molar-refractivity contribution in [2.45, 2.75) is 38.6 Å². The number of imidazole rings is 1. The lowest BCUT2D eigenvalue weighted by molar-refractivity contribution is -0.117. The number of nitrogens with zero attached hydrogens (tertiary/aromatic N) is 3. The van der Waals surface area contributed by atoms with Crippen LogP contribution in [0.1, 0.15) is 31.5 Å². The fourth-order valence-electron chi connectivity index (χ4n) is 3.05. The van der Waals surface area contributed by atoms with E-state index in [1.54, 1.807) is 12.4 Å². The highest BCUT2D eigenvalue weighted by molar-refractivity contribution is 5.92. The smallest absolute Gasteiger partial charge is 0.224 e. The van der Waals surface area contributed by atoms with Gasteiger partial charge in [-0.05, 0) is 37.8 Å². The summed E-state index contributed by atoms with van der Waals surface area (Å²) in [6.45, 7) is 1.90. The van der Waals surface area contributed by atoms with Gasteiger partial charge in [-0.15, -0.1) is 24.8 Å². The van der Waals surface area contributed by atoms with E-state index in [1.165, 1.54) is 0 Å². The van der Waals surface area contributed by atoms with Crippen LogP contribution in [0.2, 0.25) is 0 Å². The van der Waals surface area contributed by atoms with Gasteiger partial charge in [-0.25, -0.2) is 9.97 Å². The Morgan fingerprint density at radius 3 is 2.75 bits per heavy atom. The van der Waals surface area contributed by atoms with E-state index < -0.39 is 0 Å². The highest BCUT2D eigenvalue weighted by Gasteiger charge is 2.26. The first-order valence-corrected chi connectivity index (χ1v) is 7.66. The number of amides is 1. The predicted molar refractivity (Wildman–Crippen MR) is 99.2 cm³/mol. The van der Waals surface area contributed by atoms with Gasteiger partial charge in [0.15, 0.2) is 5.82 Å². The molecule has 0 aromatic carbocycles. The number of halogens is 2. The molecule has 3 rings (SSSR count). The maximum Gasteiger partial charge on any atom is 0.224 e. The van der Waals surface area contributed by atoms with Crippen LogP contribution >= 0.6 is 24.8 Å². The highest BCUT2D eigenvalue weighted by atomic mass is 35.5. The minimum atomic E-state index is -0.00521. The molecule has 2 heterocycles. The SMILES string of the molecule is Cc1nccn1-c1ncccc1NC(=O)C[C@@H]1CCC[C@H]1N.Cl.Cl. The summed E-state index contributed by atoms with van der Waals surface area (Å²) in [5.41, 5.74) is 6.74. The first-order chi connectivity index (χ1) is 10.6. The molecule has 1 saturated carbocycles. The largest absolute Gasteiger partial charge is 0.327 e. The molecule has 24 heavy (non-hydrogen) atoms. The zero-order valence-electron chi connectivity index (χ0n) is 13.5. The van der Waals surface area contributed by atoms with Crippen LogP contribution in [0.15, 0.2) is 30.7 Å². The van der Waals surface area contributed by atoms with E-state index >= 15 is 0 Å². The van der Waals surface area contributed by atoms with Crippen molar-refractivity contribution >= 4 is 36.4 Å². The summed E-state index contributed by atoms with van der Waals surface area (Å²) in [5.74, 6) is 1.79. The molecule has 2 atom stereocenters. The Hall–Kier alpha value is -1.63. The van der Waals surface area contributed by atoms with Gasteiger partial charge in [0.05, 0.1) is 5.69 Å². The van der Waals surface area contributed by atoms with Crippen LogP contribution in [0.25, 0.3) is 5.82 Å². The molecule has 1 amide bonds. The van der Waals surface area contributed by atoms with Crippen molar-refractivity contribution in [2.75, 3.05) is 5.32 Å². The third-order valence-electron chi connectivity index (χ3n) is 4.28. The second-order valence-electron chi connectivity index (χ2n) is 5.83. The maximum atomic E-state index is 12.3. The molecule has 1 aliphatic carbocycles. The van der Waals surface area contributed by atoms with Gasteiger partial charge >= 0.3 is 0 Å². The third kappa shape index (κ3) is 4.47. The van der Waals surface area contributed by atoms with Gasteiger partial charge in [0.25, 0.3) is 0 Å². The second kappa shape index (κ2) is 9.01. The van der Waals surface area contributed by atoms with E-state index in [0.29, 0.717) is 17.9 Å². The number of carbonyl (C=O) groups is 1. The van der Waals surface area contributed by atoms with Gasteiger partial charge in [0.2, 0.25) is 5.91 Å². The number of hydrogen-bond acceptors (Lipinski definition) is 4. The van der Waals surface area contributed by atoms with E-state index in [-0.39, 0.29) is 42.7 Å². The average molecular weight is 372 g/mol. The lowest BCUT2D eigenvalue weighted by atomic mass is 10.00. The molecular weight excluding hydrogens is 349 g/mol. The Labute approximate surface area is 154 Å². The lowest BCUT2D eigenvalue weighted by Crippen LogP contribution is -2.28. The first kappa shape index (κ1) is 20.4. The van der Waals surface area contributed by atoms with Crippen LogP contribution in [0.3, 0.4) is 0 Å². The number of nitrogens with two attached hydrogens (primary N) is 1. The maximum absolute atomic E-state index is 12.3. The number of carbonyl (C=O) groups excluding carboxylic acids is 1. The first-order valence-electron chi connectivity index (χ1n) is 7.66. The number of nitrogens with one attached hydrogen (secondary N) is 1. The molecule has 0 aliphatic heterocycles. The van der Waals surface area contributed by atoms with Gasteiger partial charge in [0, 0.05) is 31.1 Å². The van der Waals surface area contributed by atoms with Crippen molar-refractivity contribution in [3.05, 3.63) is 36.5 Å². The van der Waals surface area contributed by atoms with Crippen molar-refractivity contribution in [1.29, 1.82) is 0 Å². The van der Waals surface area contributed by atoms with E-state index in [0.717, 1.165) is 25.1 Å². The van der Waals surface area contributed by atoms with Gasteiger partial charge in [0.1, 0.15) is 5.82 Å². The molecule has 2 aromatic heterocycles. The summed E-state index contributed by atoms with van der Waals surface area (Å²) in [7, 11) is 0. The Morgan fingerprint density at radius 2 is 2.12 bits per heavy atom. The Kier molecular flexibility index (Phi) is 7.66. The molecule has 1 aliphatic rings. The molecule has 0 radical (unpaired) electrons. The van der Waals surface area contributed by atoms with E-state index in [2.05, 4.69) is 15.3 Å². The van der Waals surface area contributed by atoms with Crippen molar-refractivity contribution in [1.82, 2.24) is 14.5 Å². The molecule has 0 spiro atoms. The molecule has 0 unspecified atom stereocenters. The average Bonchev–Trinajstić information content (AvgIpc) is 3.09. The minimum absolute atomic E-state index is 0. The Bertz CT molecular complexity index is 676. The monoisotopic (exact) mass is 371 g/mol. The number of rotatable bonds is 4. The van der Waals surface area contributed by atoms with Crippen molar-refractivity contribution < 1.29 is 4.79 Å². The van der Waals surface area contributed by atoms with Gasteiger partial charge in [-0.1, -0.05) is 6.42 Å². The number of aromatic nitrogens is 3. The summed E-state index contributed by atoms with van der Waals surface area (Å²) in [6.07, 6.45) is 8.90. The quantitative estimate of drug-likeness (QED) is 0.864. The summed E-state index contributed by atoms with van der Waals surface area (Å²) in [4.78, 5) is 20.9. The standard InChI is InChI=1S/C16H21N5O.2ClH/c1-11-18-8-9-21(11)16-14(6-3-7-19-16)20-15(22)10-12-4-2-5-13(12)17;;/h3,6-9,12-13H,2,4-5,10,17H2,1H3,(H,20,22);2*1H/t12-,13+;;/m0../s1. The molecule has 3 N–H and O–H groups in total. The van der Waals surface area contributed by atoms with Crippen LogP contribution in [0.5, 0.6) is 0 Å². The van der Waals surface area contributed by atoms with E-state index in [1.807, 2.05) is 29.8 Å². The molecule has 8 heteroatoms. The fourth-order valence-corrected chi connectivity index (χ4v) is 3.05. The Balaban J connectivity index is 0.00000144. The summed E-state index contributed by atoms with van der Waals surface area (Å²) < 4.78 is 1.86. The second-order valence-corrected chi connectivity index (χ2v) is 5.83. The minimum Gasteiger partial charge on any atom is -0.327 e. The molecule has 0 bridgehead atoms. The molecule has 1 fully saturated rings. The molecule has 132 valence electrons. The normalized spacial score (nSPS) is 19.2. The van der Waals surface area contributed by atoms with Crippen LogP contribution in [0.4, 0.5) is 5.69 Å². The molecule has 2 aromatic rings. The van der Waals surface area contributed by atoms with E-state index in [9.17, 15) is 4.79 Å². The number of anilines is 1. The van der Waals surface area contributed by atoms with Crippen LogP contribution in [0, 0.1) is 12.8 Å². The van der Waals surface area contributed by atoms with Gasteiger partial charge in [-0.3, -0.25) is 9.36 Å². The Morgan fingerprint density at radius 1 is 1.33 bits per heavy atom. The lowest BCUT2D eigenvalue weighted by Gasteiger charge is -2.16. The summed E-state index contributed by atoms with van der Waals surface area (Å²) in [5, 5.41) is 2.97. The highest BCUT2D eigenvalue weighted by Crippen LogP contribution is 2.27. The fraction of sp³-hybridized carbons (Fsp3) is 0.438. The van der Waals surface area contributed by atoms with Gasteiger partial charge < -0.3 is 11.1 Å². The van der Waals surface area contributed by atoms with E-state index in [4.69, 9.17) is 5.73 Å². The van der Waals surface area contributed by atoms with Crippen LogP contribution in [-0.2, 0) is 4.79 Å².